The van der Waals surface area contributed by atoms with Crippen LogP contribution in [0.25, 0.3) is 0 Å². The summed E-state index contributed by atoms with van der Waals surface area (Å²) < 4.78 is 26.7. The highest BCUT2D eigenvalue weighted by molar-refractivity contribution is 7.88. The second kappa shape index (κ2) is 6.80. The lowest BCUT2D eigenvalue weighted by Gasteiger charge is -2.08. The van der Waals surface area contributed by atoms with E-state index in [4.69, 9.17) is 5.73 Å². The molecule has 0 bridgehead atoms. The van der Waals surface area contributed by atoms with E-state index in [-0.39, 0.29) is 12.3 Å². The Kier molecular flexibility index (Phi) is 5.06. The third-order valence-corrected chi connectivity index (χ3v) is 4.49. The van der Waals surface area contributed by atoms with Gasteiger partial charge in [-0.3, -0.25) is 4.98 Å². The average Bonchev–Trinajstić information content (AvgIpc) is 2.47. The lowest BCUT2D eigenvalue weighted by molar-refractivity contribution is 0.579. The maximum Gasteiger partial charge on any atom is 0.216 e. The summed E-state index contributed by atoms with van der Waals surface area (Å²) in [4.78, 5) is 4.17. The highest BCUT2D eigenvalue weighted by atomic mass is 32.2. The topological polar surface area (TPSA) is 85.1 Å². The first kappa shape index (κ1) is 15.6. The molecular formula is C15H19N3O2S. The molecule has 0 aliphatic rings. The summed E-state index contributed by atoms with van der Waals surface area (Å²) in [5, 5.41) is 0. The highest BCUT2D eigenvalue weighted by Crippen LogP contribution is 2.09. The van der Waals surface area contributed by atoms with Crippen molar-refractivity contribution in [2.24, 2.45) is 5.73 Å². The van der Waals surface area contributed by atoms with E-state index in [2.05, 4.69) is 9.71 Å². The Labute approximate surface area is 125 Å². The van der Waals surface area contributed by atoms with E-state index in [0.717, 1.165) is 22.4 Å². The van der Waals surface area contributed by atoms with Crippen LogP contribution in [0, 0.1) is 6.92 Å². The molecular weight excluding hydrogens is 286 g/mol. The molecule has 1 aromatic carbocycles. The van der Waals surface area contributed by atoms with Crippen LogP contribution in [0.3, 0.4) is 0 Å². The number of benzene rings is 1. The van der Waals surface area contributed by atoms with Gasteiger partial charge in [0.2, 0.25) is 10.0 Å². The standard InChI is InChI=1S/C15H19N3O2S/c1-12-3-2-8-17-15(12)10-18-21(19,20)11-14-6-4-13(9-16)5-7-14/h2-8,18H,9-11,16H2,1H3. The number of nitrogens with one attached hydrogen (secondary N) is 1. The first-order chi connectivity index (χ1) is 10.00. The van der Waals surface area contributed by atoms with Crippen molar-refractivity contribution in [3.63, 3.8) is 0 Å². The molecule has 6 heteroatoms. The lowest BCUT2D eigenvalue weighted by Crippen LogP contribution is -2.25. The molecule has 0 saturated carbocycles. The summed E-state index contributed by atoms with van der Waals surface area (Å²) in [5.41, 5.74) is 8.93. The summed E-state index contributed by atoms with van der Waals surface area (Å²) in [6, 6.07) is 11.0. The van der Waals surface area contributed by atoms with Gasteiger partial charge in [0.15, 0.2) is 0 Å². The molecule has 2 rings (SSSR count). The van der Waals surface area contributed by atoms with Gasteiger partial charge in [0, 0.05) is 12.7 Å². The van der Waals surface area contributed by atoms with Gasteiger partial charge in [-0.25, -0.2) is 13.1 Å². The fraction of sp³-hybridized carbons (Fsp3) is 0.267. The Hall–Kier alpha value is -1.76. The van der Waals surface area contributed by atoms with Gasteiger partial charge in [0.05, 0.1) is 18.0 Å². The third kappa shape index (κ3) is 4.63. The van der Waals surface area contributed by atoms with Crippen LogP contribution >= 0.6 is 0 Å². The minimum Gasteiger partial charge on any atom is -0.326 e. The zero-order valence-electron chi connectivity index (χ0n) is 11.9. The van der Waals surface area contributed by atoms with E-state index < -0.39 is 10.0 Å². The molecule has 0 aliphatic heterocycles. The van der Waals surface area contributed by atoms with Crippen molar-refractivity contribution in [1.29, 1.82) is 0 Å². The number of sulfonamides is 1. The molecule has 0 saturated heterocycles. The van der Waals surface area contributed by atoms with Crippen molar-refractivity contribution >= 4 is 10.0 Å². The smallest absolute Gasteiger partial charge is 0.216 e. The number of aryl methyl sites for hydroxylation is 1. The Morgan fingerprint density at radius 1 is 1.14 bits per heavy atom. The molecule has 3 N–H and O–H groups in total. The van der Waals surface area contributed by atoms with Crippen LogP contribution in [-0.4, -0.2) is 13.4 Å². The van der Waals surface area contributed by atoms with Crippen LogP contribution in [-0.2, 0) is 28.9 Å². The van der Waals surface area contributed by atoms with E-state index in [1.54, 1.807) is 18.3 Å². The summed E-state index contributed by atoms with van der Waals surface area (Å²) in [6.45, 7) is 2.56. The van der Waals surface area contributed by atoms with E-state index in [9.17, 15) is 8.42 Å². The third-order valence-electron chi connectivity index (χ3n) is 3.19. The van der Waals surface area contributed by atoms with Crippen LogP contribution in [0.15, 0.2) is 42.6 Å². The van der Waals surface area contributed by atoms with Crippen molar-refractivity contribution < 1.29 is 8.42 Å². The highest BCUT2D eigenvalue weighted by Gasteiger charge is 2.12. The molecule has 0 radical (unpaired) electrons. The lowest BCUT2D eigenvalue weighted by atomic mass is 10.1. The average molecular weight is 305 g/mol. The SMILES string of the molecule is Cc1cccnc1CNS(=O)(=O)Cc1ccc(CN)cc1. The van der Waals surface area contributed by atoms with E-state index in [1.165, 1.54) is 0 Å². The van der Waals surface area contributed by atoms with Gasteiger partial charge in [-0.05, 0) is 29.7 Å². The first-order valence-electron chi connectivity index (χ1n) is 6.66. The number of rotatable bonds is 6. The van der Waals surface area contributed by atoms with Gasteiger partial charge in [0.1, 0.15) is 0 Å². The van der Waals surface area contributed by atoms with Gasteiger partial charge < -0.3 is 5.73 Å². The first-order valence-corrected chi connectivity index (χ1v) is 8.31. The quantitative estimate of drug-likeness (QED) is 0.846. The predicted molar refractivity (Wildman–Crippen MR) is 82.8 cm³/mol. The fourth-order valence-electron chi connectivity index (χ4n) is 1.92. The zero-order chi connectivity index (χ0) is 15.3. The summed E-state index contributed by atoms with van der Waals surface area (Å²) >= 11 is 0. The van der Waals surface area contributed by atoms with Crippen molar-refractivity contribution in [1.82, 2.24) is 9.71 Å². The molecule has 1 aromatic heterocycles. The maximum atomic E-state index is 12.1. The van der Waals surface area contributed by atoms with Crippen LogP contribution in [0.5, 0.6) is 0 Å². The Bertz CT molecular complexity index is 697. The number of pyridine rings is 1. The minimum absolute atomic E-state index is 0.0519. The molecule has 1 heterocycles. The van der Waals surface area contributed by atoms with Crippen molar-refractivity contribution in [3.8, 4) is 0 Å². The van der Waals surface area contributed by atoms with Gasteiger partial charge in [-0.15, -0.1) is 0 Å². The molecule has 5 nitrogen and oxygen atoms in total. The molecule has 0 unspecified atom stereocenters. The second-order valence-corrected chi connectivity index (χ2v) is 6.67. The number of nitrogens with zero attached hydrogens (tertiary/aromatic N) is 1. The van der Waals surface area contributed by atoms with E-state index in [0.29, 0.717) is 6.54 Å². The summed E-state index contributed by atoms with van der Waals surface area (Å²) in [5.74, 6) is -0.0519. The number of nitrogens with two attached hydrogens (primary N) is 1. The normalized spacial score (nSPS) is 11.5. The Morgan fingerprint density at radius 3 is 2.43 bits per heavy atom. The largest absolute Gasteiger partial charge is 0.326 e. The molecule has 2 aromatic rings. The molecule has 0 amide bonds. The van der Waals surface area contributed by atoms with E-state index in [1.807, 2.05) is 31.2 Å². The van der Waals surface area contributed by atoms with Crippen LogP contribution in [0.2, 0.25) is 0 Å². The summed E-state index contributed by atoms with van der Waals surface area (Å²) in [6.07, 6.45) is 1.65. The Balaban J connectivity index is 2.00. The fourth-order valence-corrected chi connectivity index (χ4v) is 3.01. The van der Waals surface area contributed by atoms with Crippen LogP contribution < -0.4 is 10.5 Å². The van der Waals surface area contributed by atoms with Crippen molar-refractivity contribution in [3.05, 3.63) is 65.0 Å². The van der Waals surface area contributed by atoms with Crippen molar-refractivity contribution in [2.75, 3.05) is 0 Å². The zero-order valence-corrected chi connectivity index (χ0v) is 12.7. The predicted octanol–water partition coefficient (Wildman–Crippen LogP) is 1.47. The Morgan fingerprint density at radius 2 is 1.81 bits per heavy atom. The van der Waals surface area contributed by atoms with Gasteiger partial charge in [-0.1, -0.05) is 30.3 Å². The number of hydrogen-bond acceptors (Lipinski definition) is 4. The van der Waals surface area contributed by atoms with Crippen molar-refractivity contribution in [2.45, 2.75) is 25.8 Å². The maximum absolute atomic E-state index is 12.1. The molecule has 21 heavy (non-hydrogen) atoms. The monoisotopic (exact) mass is 305 g/mol. The van der Waals surface area contributed by atoms with Gasteiger partial charge in [0.25, 0.3) is 0 Å². The molecule has 0 aliphatic carbocycles. The van der Waals surface area contributed by atoms with Gasteiger partial charge >= 0.3 is 0 Å². The number of hydrogen-bond donors (Lipinski definition) is 2. The molecule has 0 spiro atoms. The minimum atomic E-state index is -3.39. The van der Waals surface area contributed by atoms with E-state index >= 15 is 0 Å². The van der Waals surface area contributed by atoms with Crippen LogP contribution in [0.4, 0.5) is 0 Å². The second-order valence-electron chi connectivity index (χ2n) is 4.87. The molecule has 0 fully saturated rings. The molecule has 0 atom stereocenters. The summed E-state index contributed by atoms with van der Waals surface area (Å²) in [7, 11) is -3.39. The molecule has 112 valence electrons. The van der Waals surface area contributed by atoms with Gasteiger partial charge in [-0.2, -0.15) is 0 Å². The van der Waals surface area contributed by atoms with Crippen LogP contribution in [0.1, 0.15) is 22.4 Å². The number of aromatic nitrogens is 1.